The van der Waals surface area contributed by atoms with Crippen LogP contribution in [0.15, 0.2) is 22.9 Å². The second-order valence-corrected chi connectivity index (χ2v) is 4.60. The Balaban J connectivity index is 1.79. The molecule has 1 saturated heterocycles. The average molecular weight is 260 g/mol. The van der Waals surface area contributed by atoms with Gasteiger partial charge in [-0.05, 0) is 24.5 Å². The highest BCUT2D eigenvalue weighted by atomic mass is 16.5. The lowest BCUT2D eigenvalue weighted by molar-refractivity contribution is 0.0830. The number of hydrogen-bond donors (Lipinski definition) is 1. The van der Waals surface area contributed by atoms with Gasteiger partial charge in [0, 0.05) is 31.9 Å². The van der Waals surface area contributed by atoms with Gasteiger partial charge in [-0.15, -0.1) is 0 Å². The third-order valence-corrected chi connectivity index (χ3v) is 3.31. The molecule has 0 spiro atoms. The first-order valence-corrected chi connectivity index (χ1v) is 6.43. The minimum atomic E-state index is 0.328. The Labute approximate surface area is 111 Å². The largest absolute Gasteiger partial charge is 0.381 e. The summed E-state index contributed by atoms with van der Waals surface area (Å²) in [5.74, 6) is 1.54. The number of hydrogen-bond acceptors (Lipinski definition) is 6. The molecule has 0 aromatic carbocycles. The molecule has 2 aromatic rings. The lowest BCUT2D eigenvalue weighted by atomic mass is 10.00. The zero-order valence-electron chi connectivity index (χ0n) is 10.6. The van der Waals surface area contributed by atoms with Crippen LogP contribution in [0.4, 0.5) is 0 Å². The second kappa shape index (κ2) is 5.46. The number of nitrogens with zero attached hydrogens (tertiary/aromatic N) is 3. The van der Waals surface area contributed by atoms with Gasteiger partial charge in [0.15, 0.2) is 5.82 Å². The average Bonchev–Trinajstić information content (AvgIpc) is 2.98. The Hall–Kier alpha value is -1.79. The predicted molar refractivity (Wildman–Crippen MR) is 68.2 cm³/mol. The van der Waals surface area contributed by atoms with Gasteiger partial charge in [-0.1, -0.05) is 11.2 Å². The van der Waals surface area contributed by atoms with E-state index in [-0.39, 0.29) is 0 Å². The van der Waals surface area contributed by atoms with Crippen molar-refractivity contribution in [2.24, 2.45) is 5.73 Å². The van der Waals surface area contributed by atoms with Crippen molar-refractivity contribution in [1.29, 1.82) is 0 Å². The van der Waals surface area contributed by atoms with Gasteiger partial charge in [0.1, 0.15) is 5.69 Å². The van der Waals surface area contributed by atoms with Crippen molar-refractivity contribution in [2.45, 2.75) is 25.3 Å². The summed E-state index contributed by atoms with van der Waals surface area (Å²) in [5.41, 5.74) is 7.20. The Morgan fingerprint density at radius 3 is 2.79 bits per heavy atom. The van der Waals surface area contributed by atoms with Gasteiger partial charge >= 0.3 is 0 Å². The van der Waals surface area contributed by atoms with Crippen LogP contribution in [0.2, 0.25) is 0 Å². The summed E-state index contributed by atoms with van der Waals surface area (Å²) in [7, 11) is 0. The highest BCUT2D eigenvalue weighted by Gasteiger charge is 2.21. The molecule has 19 heavy (non-hydrogen) atoms. The molecule has 0 unspecified atom stereocenters. The highest BCUT2D eigenvalue weighted by molar-refractivity contribution is 5.46. The molecule has 100 valence electrons. The first-order chi connectivity index (χ1) is 9.36. The smallest absolute Gasteiger partial charge is 0.276 e. The molecule has 2 aromatic heterocycles. The van der Waals surface area contributed by atoms with Crippen molar-refractivity contribution < 1.29 is 9.26 Å². The van der Waals surface area contributed by atoms with Crippen LogP contribution in [0.25, 0.3) is 11.6 Å². The standard InChI is InChI=1S/C13H16N4O2/c14-7-9-1-2-11(15-8-9)13-16-12(17-19-13)10-3-5-18-6-4-10/h1-2,8,10H,3-7,14H2. The summed E-state index contributed by atoms with van der Waals surface area (Å²) >= 11 is 0. The highest BCUT2D eigenvalue weighted by Crippen LogP contribution is 2.26. The van der Waals surface area contributed by atoms with Crippen molar-refractivity contribution in [3.8, 4) is 11.6 Å². The van der Waals surface area contributed by atoms with Crippen LogP contribution in [-0.4, -0.2) is 28.3 Å². The Kier molecular flexibility index (Phi) is 3.52. The number of ether oxygens (including phenoxy) is 1. The van der Waals surface area contributed by atoms with Crippen molar-refractivity contribution in [2.75, 3.05) is 13.2 Å². The maximum Gasteiger partial charge on any atom is 0.276 e. The molecule has 2 N–H and O–H groups in total. The Morgan fingerprint density at radius 1 is 1.26 bits per heavy atom. The lowest BCUT2D eigenvalue weighted by Crippen LogP contribution is -2.15. The van der Waals surface area contributed by atoms with E-state index in [0.717, 1.165) is 37.4 Å². The van der Waals surface area contributed by atoms with Crippen molar-refractivity contribution in [1.82, 2.24) is 15.1 Å². The molecule has 3 heterocycles. The minimum Gasteiger partial charge on any atom is -0.381 e. The molecule has 3 rings (SSSR count). The van der Waals surface area contributed by atoms with E-state index in [1.54, 1.807) is 6.20 Å². The molecule has 0 radical (unpaired) electrons. The van der Waals surface area contributed by atoms with E-state index in [9.17, 15) is 0 Å². The number of rotatable bonds is 3. The fraction of sp³-hybridized carbons (Fsp3) is 0.462. The molecule has 6 nitrogen and oxygen atoms in total. The summed E-state index contributed by atoms with van der Waals surface area (Å²) < 4.78 is 10.6. The molecular formula is C13H16N4O2. The fourth-order valence-electron chi connectivity index (χ4n) is 2.13. The molecule has 1 aliphatic heterocycles. The van der Waals surface area contributed by atoms with Crippen LogP contribution in [-0.2, 0) is 11.3 Å². The van der Waals surface area contributed by atoms with E-state index in [0.29, 0.717) is 24.0 Å². The molecule has 0 aliphatic carbocycles. The van der Waals surface area contributed by atoms with Crippen LogP contribution < -0.4 is 5.73 Å². The van der Waals surface area contributed by atoms with Crippen LogP contribution in [0, 0.1) is 0 Å². The van der Waals surface area contributed by atoms with Gasteiger partial charge in [-0.25, -0.2) is 0 Å². The zero-order valence-corrected chi connectivity index (χ0v) is 10.6. The van der Waals surface area contributed by atoms with E-state index in [4.69, 9.17) is 15.0 Å². The third kappa shape index (κ3) is 2.64. The number of aromatic nitrogens is 3. The molecule has 0 amide bonds. The third-order valence-electron chi connectivity index (χ3n) is 3.31. The van der Waals surface area contributed by atoms with Gasteiger partial charge in [0.05, 0.1) is 0 Å². The predicted octanol–water partition coefficient (Wildman–Crippen LogP) is 1.48. The Morgan fingerprint density at radius 2 is 2.11 bits per heavy atom. The molecule has 0 bridgehead atoms. The van der Waals surface area contributed by atoms with Crippen molar-refractivity contribution >= 4 is 0 Å². The minimum absolute atomic E-state index is 0.328. The van der Waals surface area contributed by atoms with E-state index in [1.165, 1.54) is 0 Å². The van der Waals surface area contributed by atoms with Gasteiger partial charge in [-0.3, -0.25) is 4.98 Å². The zero-order chi connectivity index (χ0) is 13.1. The summed E-state index contributed by atoms with van der Waals surface area (Å²) in [4.78, 5) is 8.71. The molecule has 0 atom stereocenters. The van der Waals surface area contributed by atoms with E-state index in [2.05, 4.69) is 15.1 Å². The number of nitrogens with two attached hydrogens (primary N) is 1. The van der Waals surface area contributed by atoms with Crippen LogP contribution in [0.1, 0.15) is 30.1 Å². The summed E-state index contributed by atoms with van der Waals surface area (Å²) in [5, 5.41) is 4.05. The lowest BCUT2D eigenvalue weighted by Gasteiger charge is -2.18. The topological polar surface area (TPSA) is 87.1 Å². The van der Waals surface area contributed by atoms with Gasteiger partial charge in [0.2, 0.25) is 0 Å². The first kappa shape index (κ1) is 12.3. The number of pyridine rings is 1. The van der Waals surface area contributed by atoms with Crippen LogP contribution >= 0.6 is 0 Å². The quantitative estimate of drug-likeness (QED) is 0.899. The Bertz CT molecular complexity index is 532. The van der Waals surface area contributed by atoms with Crippen molar-refractivity contribution in [3.05, 3.63) is 29.7 Å². The van der Waals surface area contributed by atoms with Crippen LogP contribution in [0.3, 0.4) is 0 Å². The van der Waals surface area contributed by atoms with Gasteiger partial charge in [0.25, 0.3) is 5.89 Å². The summed E-state index contributed by atoms with van der Waals surface area (Å²) in [6.07, 6.45) is 3.62. The van der Waals surface area contributed by atoms with Gasteiger partial charge in [-0.2, -0.15) is 4.98 Å². The second-order valence-electron chi connectivity index (χ2n) is 4.60. The fourth-order valence-corrected chi connectivity index (χ4v) is 2.13. The normalized spacial score (nSPS) is 16.7. The monoisotopic (exact) mass is 260 g/mol. The summed E-state index contributed by atoms with van der Waals surface area (Å²) in [6, 6.07) is 3.77. The molecule has 0 saturated carbocycles. The summed E-state index contributed by atoms with van der Waals surface area (Å²) in [6.45, 7) is 2.00. The first-order valence-electron chi connectivity index (χ1n) is 6.43. The molecule has 6 heteroatoms. The maximum absolute atomic E-state index is 5.54. The molecule has 1 aliphatic rings. The van der Waals surface area contributed by atoms with Gasteiger partial charge < -0.3 is 15.0 Å². The van der Waals surface area contributed by atoms with E-state index >= 15 is 0 Å². The van der Waals surface area contributed by atoms with E-state index in [1.807, 2.05) is 12.1 Å². The SMILES string of the molecule is NCc1ccc(-c2nc(C3CCOCC3)no2)nc1. The van der Waals surface area contributed by atoms with E-state index < -0.39 is 0 Å². The molecule has 1 fully saturated rings. The maximum atomic E-state index is 5.54. The van der Waals surface area contributed by atoms with Crippen LogP contribution in [0.5, 0.6) is 0 Å². The molecular weight excluding hydrogens is 244 g/mol. The van der Waals surface area contributed by atoms with Crippen molar-refractivity contribution in [3.63, 3.8) is 0 Å².